The molecule has 0 aliphatic heterocycles. The van der Waals surface area contributed by atoms with E-state index in [0.29, 0.717) is 18.0 Å². The molecule has 0 spiro atoms. The van der Waals surface area contributed by atoms with Gasteiger partial charge >= 0.3 is 0 Å². The second-order valence-electron chi connectivity index (χ2n) is 4.79. The number of pyridine rings is 1. The number of H-pyrrole nitrogens is 1. The minimum absolute atomic E-state index is 0.0346. The smallest absolute Gasteiger partial charge is 0.224 e. The monoisotopic (exact) mass is 299 g/mol. The molecule has 0 unspecified atom stereocenters. The molecule has 0 saturated carbocycles. The van der Waals surface area contributed by atoms with Crippen LogP contribution in [-0.2, 0) is 17.8 Å². The topological polar surface area (TPSA) is 57.8 Å². The number of carbonyl (C=O) groups is 1. The number of aromatic amines is 1. The predicted octanol–water partition coefficient (Wildman–Crippen LogP) is 3.08. The van der Waals surface area contributed by atoms with Gasteiger partial charge < -0.3 is 10.3 Å². The first-order valence-corrected chi connectivity index (χ1v) is 7.02. The molecule has 2 aromatic heterocycles. The average molecular weight is 300 g/mol. The van der Waals surface area contributed by atoms with Gasteiger partial charge in [0.15, 0.2) is 0 Å². The van der Waals surface area contributed by atoms with Crippen LogP contribution in [0.4, 0.5) is 0 Å². The van der Waals surface area contributed by atoms with E-state index in [1.165, 1.54) is 0 Å². The lowest BCUT2D eigenvalue weighted by atomic mass is 10.1. The number of hydrogen-bond donors (Lipinski definition) is 2. The van der Waals surface area contributed by atoms with Crippen LogP contribution in [0.3, 0.4) is 0 Å². The fraction of sp³-hybridized carbons (Fsp3) is 0.125. The quantitative estimate of drug-likeness (QED) is 0.778. The number of aromatic nitrogens is 2. The van der Waals surface area contributed by atoms with E-state index in [2.05, 4.69) is 15.3 Å². The van der Waals surface area contributed by atoms with Crippen LogP contribution in [-0.4, -0.2) is 15.9 Å². The maximum atomic E-state index is 12.1. The number of carbonyl (C=O) groups excluding carboxylic acids is 1. The summed E-state index contributed by atoms with van der Waals surface area (Å²) in [6.07, 6.45) is 5.55. The molecule has 4 nitrogen and oxygen atoms in total. The Kier molecular flexibility index (Phi) is 3.88. The maximum Gasteiger partial charge on any atom is 0.224 e. The van der Waals surface area contributed by atoms with Crippen molar-refractivity contribution >= 4 is 28.4 Å². The summed E-state index contributed by atoms with van der Waals surface area (Å²) in [4.78, 5) is 19.1. The number of halogens is 1. The van der Waals surface area contributed by atoms with Crippen LogP contribution in [0, 0.1) is 0 Å². The molecule has 1 aromatic carbocycles. The summed E-state index contributed by atoms with van der Waals surface area (Å²) in [6, 6.07) is 9.41. The Morgan fingerprint density at radius 3 is 2.86 bits per heavy atom. The van der Waals surface area contributed by atoms with Crippen molar-refractivity contribution in [3.63, 3.8) is 0 Å². The molecule has 5 heteroatoms. The lowest BCUT2D eigenvalue weighted by molar-refractivity contribution is -0.120. The molecule has 21 heavy (non-hydrogen) atoms. The Labute approximate surface area is 127 Å². The molecule has 2 heterocycles. The molecule has 1 amide bonds. The van der Waals surface area contributed by atoms with Crippen molar-refractivity contribution in [1.29, 1.82) is 0 Å². The summed E-state index contributed by atoms with van der Waals surface area (Å²) in [5.74, 6) is -0.0346. The first kappa shape index (κ1) is 13.6. The predicted molar refractivity (Wildman–Crippen MR) is 83.1 cm³/mol. The summed E-state index contributed by atoms with van der Waals surface area (Å²) in [6.45, 7) is 0.497. The lowest BCUT2D eigenvalue weighted by Gasteiger charge is -2.05. The van der Waals surface area contributed by atoms with Crippen molar-refractivity contribution in [2.45, 2.75) is 13.0 Å². The molecule has 0 saturated heterocycles. The fourth-order valence-corrected chi connectivity index (χ4v) is 2.58. The Bertz CT molecular complexity index is 768. The van der Waals surface area contributed by atoms with E-state index in [-0.39, 0.29) is 5.91 Å². The highest BCUT2D eigenvalue weighted by Gasteiger charge is 2.11. The SMILES string of the molecule is O=C(Cc1c[nH]c2cccc(Cl)c12)NCc1ccncc1. The number of amides is 1. The van der Waals surface area contributed by atoms with Gasteiger partial charge in [-0.15, -0.1) is 0 Å². The highest BCUT2D eigenvalue weighted by Crippen LogP contribution is 2.26. The van der Waals surface area contributed by atoms with Gasteiger partial charge in [-0.3, -0.25) is 9.78 Å². The zero-order chi connectivity index (χ0) is 14.7. The minimum Gasteiger partial charge on any atom is -0.361 e. The van der Waals surface area contributed by atoms with Gasteiger partial charge in [-0.2, -0.15) is 0 Å². The number of benzene rings is 1. The van der Waals surface area contributed by atoms with Crippen molar-refractivity contribution in [2.75, 3.05) is 0 Å². The molecule has 0 atom stereocenters. The largest absolute Gasteiger partial charge is 0.361 e. The van der Waals surface area contributed by atoms with Gasteiger partial charge in [0, 0.05) is 36.0 Å². The molecule has 2 N–H and O–H groups in total. The first-order chi connectivity index (χ1) is 10.2. The van der Waals surface area contributed by atoms with Crippen molar-refractivity contribution in [3.8, 4) is 0 Å². The second kappa shape index (κ2) is 5.97. The van der Waals surface area contributed by atoms with Gasteiger partial charge in [-0.25, -0.2) is 0 Å². The standard InChI is InChI=1S/C16H14ClN3O/c17-13-2-1-3-14-16(13)12(10-19-14)8-15(21)20-9-11-4-6-18-7-5-11/h1-7,10,19H,8-9H2,(H,20,21). The van der Waals surface area contributed by atoms with E-state index in [9.17, 15) is 4.79 Å². The third-order valence-electron chi connectivity index (χ3n) is 3.33. The number of fused-ring (bicyclic) bond motifs is 1. The van der Waals surface area contributed by atoms with Crippen LogP contribution in [0.5, 0.6) is 0 Å². The van der Waals surface area contributed by atoms with E-state index >= 15 is 0 Å². The zero-order valence-corrected chi connectivity index (χ0v) is 12.0. The Balaban J connectivity index is 1.69. The van der Waals surface area contributed by atoms with Gasteiger partial charge in [0.2, 0.25) is 5.91 Å². The Morgan fingerprint density at radius 2 is 2.05 bits per heavy atom. The van der Waals surface area contributed by atoms with Gasteiger partial charge in [-0.1, -0.05) is 17.7 Å². The van der Waals surface area contributed by atoms with E-state index in [1.54, 1.807) is 12.4 Å². The van der Waals surface area contributed by atoms with E-state index < -0.39 is 0 Å². The molecular weight excluding hydrogens is 286 g/mol. The number of nitrogens with zero attached hydrogens (tertiary/aromatic N) is 1. The summed E-state index contributed by atoms with van der Waals surface area (Å²) >= 11 is 6.20. The van der Waals surface area contributed by atoms with Crippen molar-refractivity contribution in [1.82, 2.24) is 15.3 Å². The summed E-state index contributed by atoms with van der Waals surface area (Å²) in [7, 11) is 0. The third kappa shape index (κ3) is 3.06. The first-order valence-electron chi connectivity index (χ1n) is 6.64. The number of hydrogen-bond acceptors (Lipinski definition) is 2. The number of nitrogens with one attached hydrogen (secondary N) is 2. The average Bonchev–Trinajstić information content (AvgIpc) is 2.91. The van der Waals surface area contributed by atoms with Crippen LogP contribution in [0.25, 0.3) is 10.9 Å². The maximum absolute atomic E-state index is 12.1. The van der Waals surface area contributed by atoms with Crippen molar-refractivity contribution in [2.24, 2.45) is 0 Å². The van der Waals surface area contributed by atoms with E-state index in [1.807, 2.05) is 36.5 Å². The summed E-state index contributed by atoms with van der Waals surface area (Å²) in [5.41, 5.74) is 2.87. The molecule has 0 aliphatic carbocycles. The summed E-state index contributed by atoms with van der Waals surface area (Å²) < 4.78 is 0. The van der Waals surface area contributed by atoms with Crippen LogP contribution < -0.4 is 5.32 Å². The van der Waals surface area contributed by atoms with Gasteiger partial charge in [0.1, 0.15) is 0 Å². The van der Waals surface area contributed by atoms with E-state index in [4.69, 9.17) is 11.6 Å². The second-order valence-corrected chi connectivity index (χ2v) is 5.19. The van der Waals surface area contributed by atoms with Crippen LogP contribution in [0.1, 0.15) is 11.1 Å². The Hall–Kier alpha value is -2.33. The number of rotatable bonds is 4. The van der Waals surface area contributed by atoms with Gasteiger partial charge in [0.25, 0.3) is 0 Å². The van der Waals surface area contributed by atoms with Crippen molar-refractivity contribution in [3.05, 3.63) is 65.1 Å². The lowest BCUT2D eigenvalue weighted by Crippen LogP contribution is -2.24. The van der Waals surface area contributed by atoms with Crippen LogP contribution in [0.2, 0.25) is 5.02 Å². The third-order valence-corrected chi connectivity index (χ3v) is 3.64. The molecule has 0 bridgehead atoms. The van der Waals surface area contributed by atoms with Crippen LogP contribution in [0.15, 0.2) is 48.9 Å². The van der Waals surface area contributed by atoms with Crippen LogP contribution >= 0.6 is 11.6 Å². The zero-order valence-electron chi connectivity index (χ0n) is 11.3. The molecular formula is C16H14ClN3O. The highest BCUT2D eigenvalue weighted by molar-refractivity contribution is 6.35. The molecule has 3 rings (SSSR count). The van der Waals surface area contributed by atoms with E-state index in [0.717, 1.165) is 22.0 Å². The molecule has 106 valence electrons. The molecule has 0 aliphatic rings. The summed E-state index contributed by atoms with van der Waals surface area (Å²) in [5, 5.41) is 4.47. The molecule has 0 radical (unpaired) electrons. The van der Waals surface area contributed by atoms with Gasteiger partial charge in [-0.05, 0) is 35.4 Å². The highest BCUT2D eigenvalue weighted by atomic mass is 35.5. The minimum atomic E-state index is -0.0346. The molecule has 3 aromatic rings. The normalized spacial score (nSPS) is 10.7. The Morgan fingerprint density at radius 1 is 1.24 bits per heavy atom. The molecule has 0 fully saturated rings. The fourth-order valence-electron chi connectivity index (χ4n) is 2.28. The van der Waals surface area contributed by atoms with Crippen molar-refractivity contribution < 1.29 is 4.79 Å². The van der Waals surface area contributed by atoms with Gasteiger partial charge in [0.05, 0.1) is 11.4 Å².